The maximum Gasteiger partial charge on any atom is 0.198 e. The second-order valence-electron chi connectivity index (χ2n) is 9.40. The molecule has 1 aromatic carbocycles. The number of fused-ring (bicyclic) bond motifs is 1. The summed E-state index contributed by atoms with van der Waals surface area (Å²) in [5.41, 5.74) is 13.9. The highest BCUT2D eigenvalue weighted by Crippen LogP contribution is 2.34. The van der Waals surface area contributed by atoms with Crippen LogP contribution in [0, 0.1) is 26.2 Å². The Bertz CT molecular complexity index is 1440. The van der Waals surface area contributed by atoms with Gasteiger partial charge in [-0.25, -0.2) is 0 Å². The lowest BCUT2D eigenvalue weighted by atomic mass is 9.92. The summed E-state index contributed by atoms with van der Waals surface area (Å²) in [6.45, 7) is 10.8. The van der Waals surface area contributed by atoms with Crippen molar-refractivity contribution in [2.45, 2.75) is 26.8 Å². The van der Waals surface area contributed by atoms with Crippen LogP contribution in [-0.2, 0) is 4.74 Å². The normalized spacial score (nSPS) is 15.0. The molecular formula is C29H35N7O. The highest BCUT2D eigenvalue weighted by molar-refractivity contribution is 6.14. The Hall–Kier alpha value is -4.33. The predicted octanol–water partition coefficient (Wildman–Crippen LogP) is 4.61. The summed E-state index contributed by atoms with van der Waals surface area (Å²) in [5.74, 6) is 1.44. The smallest absolute Gasteiger partial charge is 0.198 e. The molecule has 0 saturated carbocycles. The van der Waals surface area contributed by atoms with Crippen LogP contribution in [0.4, 0.5) is 5.69 Å². The summed E-state index contributed by atoms with van der Waals surface area (Å²) < 4.78 is 7.62. The van der Waals surface area contributed by atoms with Crippen LogP contribution in [0.2, 0.25) is 0 Å². The zero-order chi connectivity index (χ0) is 26.9. The lowest BCUT2D eigenvalue weighted by Crippen LogP contribution is -2.32. The Morgan fingerprint density at radius 1 is 1.22 bits per heavy atom. The van der Waals surface area contributed by atoms with Crippen LogP contribution < -0.4 is 10.6 Å². The fourth-order valence-corrected chi connectivity index (χ4v) is 4.75. The van der Waals surface area contributed by atoms with Gasteiger partial charge in [0, 0.05) is 38.1 Å². The zero-order valence-electron chi connectivity index (χ0n) is 22.4. The van der Waals surface area contributed by atoms with Gasteiger partial charge in [0.15, 0.2) is 11.5 Å². The van der Waals surface area contributed by atoms with Crippen LogP contribution in [0.5, 0.6) is 0 Å². The summed E-state index contributed by atoms with van der Waals surface area (Å²) >= 11 is 0. The first-order valence-corrected chi connectivity index (χ1v) is 12.2. The van der Waals surface area contributed by atoms with Gasteiger partial charge in [0.2, 0.25) is 0 Å². The van der Waals surface area contributed by atoms with Gasteiger partial charge in [-0.2, -0.15) is 0 Å². The van der Waals surface area contributed by atoms with Crippen molar-refractivity contribution in [1.29, 1.82) is 5.41 Å². The maximum absolute atomic E-state index is 9.12. The molecule has 1 unspecified atom stereocenters. The lowest BCUT2D eigenvalue weighted by molar-refractivity contribution is 0.179. The van der Waals surface area contributed by atoms with Gasteiger partial charge in [-0.1, -0.05) is 48.6 Å². The number of hydrogen-bond acceptors (Lipinski definition) is 7. The molecule has 0 bridgehead atoms. The van der Waals surface area contributed by atoms with Gasteiger partial charge >= 0.3 is 0 Å². The van der Waals surface area contributed by atoms with Crippen LogP contribution in [0.1, 0.15) is 28.6 Å². The van der Waals surface area contributed by atoms with Crippen molar-refractivity contribution in [2.24, 2.45) is 5.73 Å². The third kappa shape index (κ3) is 4.74. The van der Waals surface area contributed by atoms with E-state index in [1.807, 2.05) is 55.6 Å². The molecule has 0 spiro atoms. The topological polar surface area (TPSA) is 95.8 Å². The van der Waals surface area contributed by atoms with Crippen LogP contribution in [-0.4, -0.2) is 53.0 Å². The predicted molar refractivity (Wildman–Crippen MR) is 150 cm³/mol. The summed E-state index contributed by atoms with van der Waals surface area (Å²) in [4.78, 5) is 4.08. The van der Waals surface area contributed by atoms with E-state index in [1.165, 1.54) is 0 Å². The highest BCUT2D eigenvalue weighted by atomic mass is 16.5. The van der Waals surface area contributed by atoms with Crippen molar-refractivity contribution in [3.8, 4) is 0 Å². The van der Waals surface area contributed by atoms with Crippen molar-refractivity contribution in [3.63, 3.8) is 0 Å². The number of nitrogens with two attached hydrogens (primary N) is 1. The Labute approximate surface area is 218 Å². The van der Waals surface area contributed by atoms with E-state index in [2.05, 4.69) is 58.9 Å². The van der Waals surface area contributed by atoms with Gasteiger partial charge in [0.25, 0.3) is 0 Å². The van der Waals surface area contributed by atoms with Crippen molar-refractivity contribution in [3.05, 3.63) is 107 Å². The number of benzene rings is 1. The number of ether oxygens (including phenoxy) is 1. The molecule has 0 amide bonds. The molecule has 3 aromatic rings. The molecule has 8 heteroatoms. The van der Waals surface area contributed by atoms with E-state index in [4.69, 9.17) is 15.9 Å². The number of rotatable bonds is 8. The largest absolute Gasteiger partial charge is 0.482 e. The fraction of sp³-hybridized carbons (Fsp3) is 0.276. The molecule has 192 valence electrons. The number of aromatic nitrogens is 3. The van der Waals surface area contributed by atoms with Crippen LogP contribution in [0.25, 0.3) is 5.65 Å². The molecule has 3 heterocycles. The van der Waals surface area contributed by atoms with Crippen molar-refractivity contribution < 1.29 is 4.74 Å². The Morgan fingerprint density at radius 3 is 2.57 bits per heavy atom. The number of likely N-dealkylation sites (N-methyl/N-ethyl adjacent to an activating group) is 2. The number of aryl methyl sites for hydroxylation is 3. The maximum atomic E-state index is 9.12. The third-order valence-corrected chi connectivity index (χ3v) is 6.82. The average molecular weight is 498 g/mol. The van der Waals surface area contributed by atoms with Gasteiger partial charge in [-0.05, 0) is 44.0 Å². The van der Waals surface area contributed by atoms with Gasteiger partial charge in [0.05, 0.1) is 30.1 Å². The Morgan fingerprint density at radius 2 is 1.92 bits per heavy atom. The molecule has 1 atom stereocenters. The molecule has 8 nitrogen and oxygen atoms in total. The monoisotopic (exact) mass is 497 g/mol. The fourth-order valence-electron chi connectivity index (χ4n) is 4.75. The quantitative estimate of drug-likeness (QED) is 0.349. The van der Waals surface area contributed by atoms with E-state index in [9.17, 15) is 0 Å². The molecule has 0 radical (unpaired) electrons. The Kier molecular flexibility index (Phi) is 7.20. The van der Waals surface area contributed by atoms with E-state index in [0.29, 0.717) is 29.3 Å². The number of pyridine rings is 1. The minimum absolute atomic E-state index is 0.263. The number of anilines is 1. The molecule has 0 fully saturated rings. The van der Waals surface area contributed by atoms with E-state index < -0.39 is 0 Å². The van der Waals surface area contributed by atoms with E-state index in [1.54, 1.807) is 13.2 Å². The van der Waals surface area contributed by atoms with Crippen LogP contribution >= 0.6 is 0 Å². The van der Waals surface area contributed by atoms with Gasteiger partial charge in [0.1, 0.15) is 5.82 Å². The number of hydrogen-bond donors (Lipinski definition) is 2. The second kappa shape index (κ2) is 10.3. The number of methoxy groups -OCH3 is 1. The minimum atomic E-state index is -0.362. The third-order valence-electron chi connectivity index (χ3n) is 6.82. The first kappa shape index (κ1) is 25.8. The highest BCUT2D eigenvalue weighted by Gasteiger charge is 2.27. The van der Waals surface area contributed by atoms with Crippen molar-refractivity contribution in [1.82, 2.24) is 19.5 Å². The Balaban J connectivity index is 1.89. The summed E-state index contributed by atoms with van der Waals surface area (Å²) in [6.07, 6.45) is 7.60. The minimum Gasteiger partial charge on any atom is -0.482 e. The van der Waals surface area contributed by atoms with Gasteiger partial charge in [-0.3, -0.25) is 9.81 Å². The SMILES string of the molecule is C=C/C(C(=N)C1=C(OC)N(C)CC=C1)=C(/N)C(c1ccc(C)cc1)N(C)c1cc(C)c2nnc(C)n2c1. The zero-order valence-corrected chi connectivity index (χ0v) is 22.4. The van der Waals surface area contributed by atoms with Crippen molar-refractivity contribution in [2.75, 3.05) is 32.6 Å². The van der Waals surface area contributed by atoms with E-state index in [0.717, 1.165) is 33.8 Å². The van der Waals surface area contributed by atoms with Crippen LogP contribution in [0.3, 0.4) is 0 Å². The molecule has 0 saturated heterocycles. The average Bonchev–Trinajstić information content (AvgIpc) is 3.26. The molecule has 1 aliphatic heterocycles. The number of allylic oxidation sites excluding steroid dienone is 4. The molecule has 1 aliphatic rings. The lowest BCUT2D eigenvalue weighted by Gasteiger charge is -2.33. The van der Waals surface area contributed by atoms with E-state index >= 15 is 0 Å². The first-order chi connectivity index (χ1) is 17.7. The van der Waals surface area contributed by atoms with E-state index in [-0.39, 0.29) is 11.8 Å². The standard InChI is InChI=1S/C29H35N7O/c1-8-23(25(30)24-10-9-15-34(5)29(24)37-7)26(31)27(21-13-11-18(2)12-14-21)35(6)22-16-19(3)28-33-32-20(4)36(28)17-22/h8-14,16-17,27,30H,1,15,31H2,2-7H3/b26-23-,30-25?. The van der Waals surface area contributed by atoms with Gasteiger partial charge < -0.3 is 20.3 Å². The number of nitrogens with zero attached hydrogens (tertiary/aromatic N) is 5. The molecule has 4 rings (SSSR count). The first-order valence-electron chi connectivity index (χ1n) is 12.2. The molecular weight excluding hydrogens is 462 g/mol. The number of nitrogens with one attached hydrogen (secondary N) is 1. The summed E-state index contributed by atoms with van der Waals surface area (Å²) in [6, 6.07) is 10.0. The molecule has 37 heavy (non-hydrogen) atoms. The molecule has 2 aromatic heterocycles. The molecule has 3 N–H and O–H groups in total. The summed E-state index contributed by atoms with van der Waals surface area (Å²) in [7, 11) is 5.56. The molecule has 0 aliphatic carbocycles. The second-order valence-corrected chi connectivity index (χ2v) is 9.40. The van der Waals surface area contributed by atoms with Crippen molar-refractivity contribution >= 4 is 17.0 Å². The van der Waals surface area contributed by atoms with Crippen LogP contribution in [0.15, 0.2) is 84.1 Å². The summed E-state index contributed by atoms with van der Waals surface area (Å²) in [5, 5.41) is 17.6. The van der Waals surface area contributed by atoms with Gasteiger partial charge in [-0.15, -0.1) is 10.2 Å².